The lowest BCUT2D eigenvalue weighted by molar-refractivity contribution is -0.889. The van der Waals surface area contributed by atoms with Gasteiger partial charge in [-0.25, -0.2) is 0 Å². The van der Waals surface area contributed by atoms with Crippen molar-refractivity contribution in [2.45, 2.75) is 193 Å². The molecule has 0 aliphatic rings. The minimum Gasteiger partial charge on any atom is -0.544 e. The molecule has 53 heavy (non-hydrogen) atoms. The molecule has 0 heterocycles. The molecule has 0 amide bonds. The van der Waals surface area contributed by atoms with Crippen molar-refractivity contribution < 1.29 is 38.2 Å². The molecule has 2 unspecified atom stereocenters. The third kappa shape index (κ3) is 35.0. The number of esters is 2. The molecular formula is C45H81NO7. The van der Waals surface area contributed by atoms with E-state index in [1.54, 1.807) is 21.1 Å². The van der Waals surface area contributed by atoms with Crippen LogP contribution in [0.3, 0.4) is 0 Å². The first-order valence-electron chi connectivity index (χ1n) is 21.5. The molecule has 0 saturated heterocycles. The summed E-state index contributed by atoms with van der Waals surface area (Å²) >= 11 is 0. The zero-order chi connectivity index (χ0) is 39.3. The summed E-state index contributed by atoms with van der Waals surface area (Å²) in [4.78, 5) is 36.7. The van der Waals surface area contributed by atoms with E-state index in [0.29, 0.717) is 12.8 Å². The Bertz CT molecular complexity index is 968. The highest BCUT2D eigenvalue weighted by molar-refractivity contribution is 5.70. The van der Waals surface area contributed by atoms with Crippen LogP contribution in [0.4, 0.5) is 0 Å². The smallest absolute Gasteiger partial charge is 0.306 e. The van der Waals surface area contributed by atoms with E-state index in [-0.39, 0.29) is 42.7 Å². The van der Waals surface area contributed by atoms with Crippen molar-refractivity contribution in [2.75, 3.05) is 41.0 Å². The largest absolute Gasteiger partial charge is 0.544 e. The number of hydrogen-bond acceptors (Lipinski definition) is 7. The molecule has 0 spiro atoms. The Balaban J connectivity index is 4.35. The number of carbonyl (C=O) groups excluding carboxylic acids is 3. The number of allylic oxidation sites excluding steroid dienone is 6. The third-order valence-electron chi connectivity index (χ3n) is 9.53. The molecule has 0 saturated carbocycles. The average Bonchev–Trinajstić information content (AvgIpc) is 3.11. The Morgan fingerprint density at radius 1 is 0.566 bits per heavy atom. The van der Waals surface area contributed by atoms with Crippen LogP contribution < -0.4 is 5.11 Å². The molecule has 0 N–H and O–H groups in total. The zero-order valence-corrected chi connectivity index (χ0v) is 34.9. The van der Waals surface area contributed by atoms with Crippen molar-refractivity contribution in [3.63, 3.8) is 0 Å². The first-order chi connectivity index (χ1) is 25.6. The predicted octanol–water partition coefficient (Wildman–Crippen LogP) is 10.1. The first kappa shape index (κ1) is 50.5. The summed E-state index contributed by atoms with van der Waals surface area (Å²) in [7, 11) is 5.40. The van der Waals surface area contributed by atoms with Crippen LogP contribution >= 0.6 is 0 Å². The van der Waals surface area contributed by atoms with Gasteiger partial charge in [0, 0.05) is 19.3 Å². The minimum absolute atomic E-state index is 0.0372. The fourth-order valence-electron chi connectivity index (χ4n) is 6.14. The van der Waals surface area contributed by atoms with Crippen LogP contribution in [-0.4, -0.2) is 75.5 Å². The number of rotatable bonds is 38. The van der Waals surface area contributed by atoms with Crippen LogP contribution in [0.1, 0.15) is 181 Å². The molecule has 2 atom stereocenters. The van der Waals surface area contributed by atoms with Gasteiger partial charge in [-0.2, -0.15) is 0 Å². The molecule has 8 heteroatoms. The fourth-order valence-corrected chi connectivity index (χ4v) is 6.14. The molecule has 0 aliphatic heterocycles. The Morgan fingerprint density at radius 2 is 1.00 bits per heavy atom. The van der Waals surface area contributed by atoms with Gasteiger partial charge in [0.25, 0.3) is 0 Å². The molecule has 0 radical (unpaired) electrons. The first-order valence-corrected chi connectivity index (χ1v) is 21.5. The molecule has 0 aromatic carbocycles. The highest BCUT2D eigenvalue weighted by Gasteiger charge is 2.25. The van der Waals surface area contributed by atoms with Gasteiger partial charge < -0.3 is 28.6 Å². The van der Waals surface area contributed by atoms with Crippen LogP contribution in [0.2, 0.25) is 0 Å². The van der Waals surface area contributed by atoms with E-state index in [4.69, 9.17) is 14.2 Å². The fraction of sp³-hybridized carbons (Fsp3) is 0.800. The SMILES string of the molecule is CCCCC/C=C\C/C=C\C/C=C\CCCCCCCCC(=O)OC(COCCC(C(=O)[O-])[N+](C)(C)C)COC(=O)CCCCCCCCCCCC. The maximum atomic E-state index is 12.7. The molecule has 0 aromatic heterocycles. The number of unbranched alkanes of at least 4 members (excludes halogenated alkanes) is 18. The number of carbonyl (C=O) groups is 3. The number of hydrogen-bond donors (Lipinski definition) is 0. The third-order valence-corrected chi connectivity index (χ3v) is 9.53. The van der Waals surface area contributed by atoms with E-state index in [0.717, 1.165) is 64.2 Å². The lowest BCUT2D eigenvalue weighted by Crippen LogP contribution is -2.55. The Kier molecular flexibility index (Phi) is 34.8. The summed E-state index contributed by atoms with van der Waals surface area (Å²) < 4.78 is 17.1. The summed E-state index contributed by atoms with van der Waals surface area (Å²) in [6.07, 6.45) is 40.2. The number of aliphatic carboxylic acids is 1. The second kappa shape index (κ2) is 36.5. The number of likely N-dealkylation sites (N-methyl/N-ethyl adjacent to an activating group) is 1. The zero-order valence-electron chi connectivity index (χ0n) is 34.9. The van der Waals surface area contributed by atoms with E-state index in [9.17, 15) is 19.5 Å². The number of nitrogens with zero attached hydrogens (tertiary/aromatic N) is 1. The van der Waals surface area contributed by atoms with Crippen LogP contribution in [0.5, 0.6) is 0 Å². The molecular weight excluding hydrogens is 666 g/mol. The lowest BCUT2D eigenvalue weighted by atomic mass is 10.1. The maximum Gasteiger partial charge on any atom is 0.306 e. The molecule has 8 nitrogen and oxygen atoms in total. The summed E-state index contributed by atoms with van der Waals surface area (Å²) in [5.41, 5.74) is 0. The number of quaternary nitrogens is 1. The van der Waals surface area contributed by atoms with E-state index in [2.05, 4.69) is 50.3 Å². The molecule has 0 aromatic rings. The van der Waals surface area contributed by atoms with Crippen LogP contribution in [-0.2, 0) is 28.6 Å². The average molecular weight is 748 g/mol. The molecule has 308 valence electrons. The van der Waals surface area contributed by atoms with Crippen LogP contribution in [0.15, 0.2) is 36.5 Å². The van der Waals surface area contributed by atoms with Gasteiger partial charge in [0.2, 0.25) is 0 Å². The predicted molar refractivity (Wildman–Crippen MR) is 217 cm³/mol. The summed E-state index contributed by atoms with van der Waals surface area (Å²) in [6, 6.07) is -0.726. The second-order valence-corrected chi connectivity index (χ2v) is 15.6. The van der Waals surface area contributed by atoms with Crippen molar-refractivity contribution in [1.82, 2.24) is 0 Å². The van der Waals surface area contributed by atoms with E-state index in [1.807, 2.05) is 0 Å². The highest BCUT2D eigenvalue weighted by atomic mass is 16.6. The Labute approximate surface area is 325 Å². The second-order valence-electron chi connectivity index (χ2n) is 15.6. The van der Waals surface area contributed by atoms with Crippen molar-refractivity contribution in [1.29, 1.82) is 0 Å². The van der Waals surface area contributed by atoms with Gasteiger partial charge in [0.05, 0.1) is 40.3 Å². The molecule has 0 aliphatic carbocycles. The van der Waals surface area contributed by atoms with E-state index < -0.39 is 18.1 Å². The van der Waals surface area contributed by atoms with Gasteiger partial charge in [0.15, 0.2) is 6.10 Å². The minimum atomic E-state index is -1.13. The number of carboxylic acids is 1. The summed E-state index contributed by atoms with van der Waals surface area (Å²) in [5.74, 6) is -1.75. The van der Waals surface area contributed by atoms with Crippen molar-refractivity contribution in [3.8, 4) is 0 Å². The summed E-state index contributed by atoms with van der Waals surface area (Å²) in [5, 5.41) is 11.6. The topological polar surface area (TPSA) is 102 Å². The van der Waals surface area contributed by atoms with Crippen LogP contribution in [0, 0.1) is 0 Å². The molecule has 0 bridgehead atoms. The number of carboxylic acid groups (broad SMARTS) is 1. The van der Waals surface area contributed by atoms with Gasteiger partial charge in [-0.15, -0.1) is 0 Å². The van der Waals surface area contributed by atoms with Gasteiger partial charge in [0.1, 0.15) is 12.6 Å². The van der Waals surface area contributed by atoms with Crippen molar-refractivity contribution >= 4 is 17.9 Å². The Morgan fingerprint density at radius 3 is 1.51 bits per heavy atom. The normalized spacial score (nSPS) is 13.3. The van der Waals surface area contributed by atoms with Crippen molar-refractivity contribution in [3.05, 3.63) is 36.5 Å². The lowest BCUT2D eigenvalue weighted by Gasteiger charge is -2.34. The molecule has 0 fully saturated rings. The van der Waals surface area contributed by atoms with Gasteiger partial charge in [-0.3, -0.25) is 9.59 Å². The van der Waals surface area contributed by atoms with Crippen molar-refractivity contribution in [2.24, 2.45) is 0 Å². The van der Waals surface area contributed by atoms with Crippen LogP contribution in [0.25, 0.3) is 0 Å². The summed E-state index contributed by atoms with van der Waals surface area (Å²) in [6.45, 7) is 4.61. The maximum absolute atomic E-state index is 12.7. The monoisotopic (exact) mass is 748 g/mol. The standard InChI is InChI=1S/C45H81NO7/c1-6-8-10-12-14-16-18-19-20-21-22-23-24-25-26-28-30-32-34-36-44(48)53-41(39-51-38-37-42(45(49)50)46(3,4)5)40-52-43(47)35-33-31-29-27-17-15-13-11-9-7-2/h14,16,19-20,22-23,41-42H,6-13,15,17-18,21,24-40H2,1-5H3/b16-14-,20-19-,23-22-. The highest BCUT2D eigenvalue weighted by Crippen LogP contribution is 2.14. The van der Waals surface area contributed by atoms with Gasteiger partial charge >= 0.3 is 11.9 Å². The molecule has 0 rings (SSSR count). The van der Waals surface area contributed by atoms with E-state index >= 15 is 0 Å². The number of ether oxygens (including phenoxy) is 3. The van der Waals surface area contributed by atoms with Gasteiger partial charge in [-0.05, 0) is 51.4 Å². The van der Waals surface area contributed by atoms with Gasteiger partial charge in [-0.1, -0.05) is 147 Å². The Hall–Kier alpha value is -2.45. The quantitative estimate of drug-likeness (QED) is 0.0268. The van der Waals surface area contributed by atoms with E-state index in [1.165, 1.54) is 83.5 Å².